The first-order valence-electron chi connectivity index (χ1n) is 20.1. The first-order chi connectivity index (χ1) is 28.7. The van der Waals surface area contributed by atoms with Gasteiger partial charge in [-0.1, -0.05) is 153 Å². The van der Waals surface area contributed by atoms with Crippen LogP contribution >= 0.6 is 0 Å². The average molecular weight is 957 g/mol. The van der Waals surface area contributed by atoms with E-state index in [0.717, 1.165) is 61.9 Å². The number of hydrogen-bond donors (Lipinski definition) is 1. The second-order valence-electron chi connectivity index (χ2n) is 16.3. The van der Waals surface area contributed by atoms with E-state index < -0.39 is 0 Å². The summed E-state index contributed by atoms with van der Waals surface area (Å²) in [5, 5.41) is 6.14. The summed E-state index contributed by atoms with van der Waals surface area (Å²) in [5.74, 6) is 2.10. The molecule has 0 spiro atoms. The number of pyridine rings is 1. The van der Waals surface area contributed by atoms with E-state index in [1.54, 1.807) is 0 Å². The summed E-state index contributed by atoms with van der Waals surface area (Å²) in [6, 6.07) is 61.8. The topological polar surface area (TPSA) is 42.3 Å². The van der Waals surface area contributed by atoms with E-state index in [9.17, 15) is 0 Å². The summed E-state index contributed by atoms with van der Waals surface area (Å²) in [5.41, 5.74) is 13.9. The molecule has 10 rings (SSSR count). The molecule has 0 unspecified atom stereocenters. The fourth-order valence-corrected chi connectivity index (χ4v) is 8.62. The summed E-state index contributed by atoms with van der Waals surface area (Å²) in [4.78, 5) is 6.93. The predicted octanol–water partition coefficient (Wildman–Crippen LogP) is 12.4. The van der Waals surface area contributed by atoms with Gasteiger partial charge in [0.05, 0.1) is 5.69 Å². The van der Waals surface area contributed by atoms with Crippen LogP contribution in [0.2, 0.25) is 6.82 Å². The maximum atomic E-state index is 6.68. The molecule has 296 valence electrons. The van der Waals surface area contributed by atoms with E-state index in [0.29, 0.717) is 11.5 Å². The average Bonchev–Trinajstić information content (AvgIpc) is 3.75. The van der Waals surface area contributed by atoms with E-state index in [1.807, 2.05) is 53.6 Å². The van der Waals surface area contributed by atoms with Crippen molar-refractivity contribution in [1.29, 1.82) is 0 Å². The van der Waals surface area contributed by atoms with Crippen LogP contribution in [0.3, 0.4) is 0 Å². The van der Waals surface area contributed by atoms with Crippen molar-refractivity contribution in [2.75, 3.05) is 10.2 Å². The van der Waals surface area contributed by atoms with Crippen molar-refractivity contribution in [3.05, 3.63) is 189 Å². The molecule has 0 saturated heterocycles. The van der Waals surface area contributed by atoms with E-state index in [4.69, 9.17) is 9.72 Å². The molecule has 0 amide bonds. The van der Waals surface area contributed by atoms with Crippen molar-refractivity contribution >= 4 is 62.2 Å². The zero-order chi connectivity index (χ0) is 40.3. The van der Waals surface area contributed by atoms with Gasteiger partial charge in [0.1, 0.15) is 5.82 Å². The van der Waals surface area contributed by atoms with Crippen molar-refractivity contribution in [3.8, 4) is 39.6 Å². The molecule has 1 aliphatic rings. The molecule has 0 radical (unpaired) electrons. The van der Waals surface area contributed by atoms with Crippen molar-refractivity contribution in [2.24, 2.45) is 0 Å². The Bertz CT molecular complexity index is 2970. The van der Waals surface area contributed by atoms with Gasteiger partial charge >= 0.3 is 0 Å². The van der Waals surface area contributed by atoms with Gasteiger partial charge in [-0.15, -0.1) is 35.7 Å². The molecule has 7 aromatic carbocycles. The zero-order valence-electron chi connectivity index (χ0n) is 33.9. The molecule has 2 aromatic heterocycles. The van der Waals surface area contributed by atoms with Crippen molar-refractivity contribution in [3.63, 3.8) is 0 Å². The van der Waals surface area contributed by atoms with Gasteiger partial charge in [0.2, 0.25) is 0 Å². The van der Waals surface area contributed by atoms with Crippen LogP contribution in [-0.2, 0) is 26.5 Å². The third kappa shape index (κ3) is 6.89. The minimum atomic E-state index is -0.0184. The van der Waals surface area contributed by atoms with Gasteiger partial charge < -0.3 is 19.5 Å². The first-order valence-corrected chi connectivity index (χ1v) is 20.1. The molecule has 7 heteroatoms. The van der Waals surface area contributed by atoms with Crippen LogP contribution in [-0.4, -0.2) is 16.3 Å². The number of anilines is 4. The quantitative estimate of drug-likeness (QED) is 0.116. The van der Waals surface area contributed by atoms with Crippen molar-refractivity contribution < 1.29 is 25.8 Å². The van der Waals surface area contributed by atoms with Gasteiger partial charge in [-0.25, -0.2) is 4.98 Å². The van der Waals surface area contributed by atoms with Crippen LogP contribution in [0.4, 0.5) is 22.7 Å². The molecule has 0 atom stereocenters. The Kier molecular flexibility index (Phi) is 10.2. The number of para-hydroxylation sites is 3. The number of rotatable bonds is 9. The van der Waals surface area contributed by atoms with Crippen LogP contribution in [0.1, 0.15) is 26.3 Å². The SMILES string of the molecule is [CH2-]N(c1ccccc1Nc1[c-]c(Oc2[c-]c3c4c(c2)B(C)c2cccc(c24)n3-c2cc(C(C)(C)C)ccn2)ccc1)c1c(-c2ccccc2)cccc1-c1ccccc1.[Pt]. The molecule has 1 aliphatic heterocycles. The number of nitrogens with zero attached hydrogens (tertiary/aromatic N) is 3. The van der Waals surface area contributed by atoms with Gasteiger partial charge in [-0.2, -0.15) is 11.5 Å². The van der Waals surface area contributed by atoms with Crippen LogP contribution in [0.5, 0.6) is 11.5 Å². The smallest absolute Gasteiger partial charge is 0.180 e. The Morgan fingerprint density at radius 1 is 0.683 bits per heavy atom. The van der Waals surface area contributed by atoms with Crippen LogP contribution in [0.25, 0.3) is 49.9 Å². The summed E-state index contributed by atoms with van der Waals surface area (Å²) in [7, 11) is 4.68. The number of nitrogens with one attached hydrogen (secondary N) is 1. The van der Waals surface area contributed by atoms with Crippen molar-refractivity contribution in [2.45, 2.75) is 33.0 Å². The summed E-state index contributed by atoms with van der Waals surface area (Å²) in [6.45, 7) is 9.20. The Morgan fingerprint density at radius 3 is 2.07 bits per heavy atom. The van der Waals surface area contributed by atoms with E-state index in [2.05, 4.69) is 172 Å². The largest absolute Gasteiger partial charge is 0.509 e. The van der Waals surface area contributed by atoms with Crippen molar-refractivity contribution in [1.82, 2.24) is 9.55 Å². The van der Waals surface area contributed by atoms with Gasteiger partial charge in [-0.05, 0) is 52.4 Å². The van der Waals surface area contributed by atoms with Gasteiger partial charge in [0.25, 0.3) is 0 Å². The fraction of sp³-hybridized carbons (Fsp3) is 0.0943. The van der Waals surface area contributed by atoms with E-state index >= 15 is 0 Å². The number of ether oxygens (including phenoxy) is 1. The van der Waals surface area contributed by atoms with E-state index in [-0.39, 0.29) is 33.2 Å². The van der Waals surface area contributed by atoms with Gasteiger partial charge in [-0.3, -0.25) is 7.05 Å². The van der Waals surface area contributed by atoms with E-state index in [1.165, 1.54) is 27.3 Å². The molecule has 0 bridgehead atoms. The van der Waals surface area contributed by atoms with Gasteiger partial charge in [0.15, 0.2) is 6.71 Å². The number of aromatic nitrogens is 2. The molecule has 0 aliphatic carbocycles. The number of benzene rings is 7. The molecule has 0 fully saturated rings. The second kappa shape index (κ2) is 15.7. The molecule has 3 heterocycles. The maximum Gasteiger partial charge on any atom is 0.180 e. The Balaban J connectivity index is 0.00000462. The third-order valence-electron chi connectivity index (χ3n) is 11.5. The fourth-order valence-electron chi connectivity index (χ4n) is 8.62. The molecule has 9 aromatic rings. The van der Waals surface area contributed by atoms with Gasteiger partial charge in [0, 0.05) is 66.8 Å². The molecular formula is C53H42BN4OPt-3. The van der Waals surface area contributed by atoms with Crippen LogP contribution in [0.15, 0.2) is 164 Å². The maximum absolute atomic E-state index is 6.68. The number of hydrogen-bond acceptors (Lipinski definition) is 4. The monoisotopic (exact) mass is 956 g/mol. The Hall–Kier alpha value is -6.36. The normalized spacial score (nSPS) is 11.9. The Labute approximate surface area is 367 Å². The summed E-state index contributed by atoms with van der Waals surface area (Å²) in [6.07, 6.45) is 1.91. The third-order valence-corrected chi connectivity index (χ3v) is 11.5. The zero-order valence-corrected chi connectivity index (χ0v) is 36.2. The minimum absolute atomic E-state index is 0. The molecule has 5 nitrogen and oxygen atoms in total. The summed E-state index contributed by atoms with van der Waals surface area (Å²) < 4.78 is 8.92. The first kappa shape index (κ1) is 39.1. The van der Waals surface area contributed by atoms with Crippen LogP contribution < -0.4 is 25.9 Å². The Morgan fingerprint density at radius 2 is 1.35 bits per heavy atom. The standard InChI is InChI=1S/C53H42BN4O.Pt/c1-53(2,3)37-29-30-55-49(31-37)58-47-28-16-25-43-50(47)51-44(54(43)4)33-40(34-48(51)58)59-39-22-14-21-38(32-39)56-45-26-12-13-27-46(45)57(5)52-41(35-17-8-6-9-18-35)23-15-24-42(52)36-19-10-7-11-20-36;/h6-31,33,56H,5H2,1-4H3;/q-3;. The van der Waals surface area contributed by atoms with Crippen LogP contribution in [0, 0.1) is 19.2 Å². The molecular weight excluding hydrogens is 914 g/mol. The predicted molar refractivity (Wildman–Crippen MR) is 247 cm³/mol. The molecule has 60 heavy (non-hydrogen) atoms. The molecule has 0 saturated carbocycles. The minimum Gasteiger partial charge on any atom is -0.509 e. The molecule has 1 N–H and O–H groups in total. The summed E-state index contributed by atoms with van der Waals surface area (Å²) >= 11 is 0. The second-order valence-corrected chi connectivity index (χ2v) is 16.3.